The first-order valence-corrected chi connectivity index (χ1v) is 0. The van der Waals surface area contributed by atoms with Crippen LogP contribution in [0.15, 0.2) is 0 Å². The van der Waals surface area contributed by atoms with E-state index in [1.165, 1.54) is 0 Å². The first-order valence-electron chi connectivity index (χ1n) is 0. The van der Waals surface area contributed by atoms with Gasteiger partial charge in [0.15, 0.2) is 0 Å². The van der Waals surface area contributed by atoms with Gasteiger partial charge in [0, 0.05) is 95.9 Å². The smallest absolute Gasteiger partial charge is 0 e. The van der Waals surface area contributed by atoms with Crippen molar-refractivity contribution in [1.29, 1.82) is 0 Å². The molecule has 5 heteroatoms. The van der Waals surface area contributed by atoms with Crippen LogP contribution in [0.1, 0.15) is 0 Å². The quantitative estimate of drug-likeness (QED) is 0.414. The minimum absolute atomic E-state index is 0. The van der Waals surface area contributed by atoms with Crippen molar-refractivity contribution in [1.82, 2.24) is 0 Å². The van der Waals surface area contributed by atoms with Gasteiger partial charge in [0.1, 0.15) is 0 Å². The van der Waals surface area contributed by atoms with Crippen LogP contribution >= 0.6 is 0 Å². The van der Waals surface area contributed by atoms with Crippen molar-refractivity contribution in [3.8, 4) is 0 Å². The Morgan fingerprint density at radius 3 is 1.00 bits per heavy atom. The molecule has 0 N–H and O–H groups in total. The minimum atomic E-state index is 0. The van der Waals surface area contributed by atoms with E-state index in [2.05, 4.69) is 0 Å². The van der Waals surface area contributed by atoms with Gasteiger partial charge in [-0.1, -0.05) is 0 Å². The molecule has 0 atom stereocenters. The van der Waals surface area contributed by atoms with Crippen LogP contribution in [0.3, 0.4) is 0 Å². The summed E-state index contributed by atoms with van der Waals surface area (Å²) in [6.07, 6.45) is 0. The molecule has 0 aromatic rings. The minimum Gasteiger partial charge on any atom is 0 e. The second kappa shape index (κ2) is 27.8. The summed E-state index contributed by atoms with van der Waals surface area (Å²) in [5.41, 5.74) is 0. The monoisotopic (exact) mass is 482 g/mol. The molecule has 0 saturated carbocycles. The van der Waals surface area contributed by atoms with E-state index in [0.29, 0.717) is 0 Å². The summed E-state index contributed by atoms with van der Waals surface area (Å²) in [4.78, 5) is 0. The topological polar surface area (TPSA) is 0 Å². The predicted octanol–water partition coefficient (Wildman–Crippen LogP) is -0.391. The summed E-state index contributed by atoms with van der Waals surface area (Å²) in [5.74, 6) is 0. The van der Waals surface area contributed by atoms with E-state index in [1.54, 1.807) is 0 Å². The average molecular weight is 481 g/mol. The standard InChI is InChI=1S/Co.Cu.Fe.Sn.W. The molecule has 0 nitrogen and oxygen atoms in total. The molecule has 0 aromatic carbocycles. The largest absolute Gasteiger partial charge is 0 e. The molecule has 0 aliphatic rings. The molecule has 0 amide bonds. The van der Waals surface area contributed by atoms with Gasteiger partial charge < -0.3 is 0 Å². The van der Waals surface area contributed by atoms with Gasteiger partial charge in [-0.15, -0.1) is 0 Å². The Labute approximate surface area is 94.3 Å². The van der Waals surface area contributed by atoms with Gasteiger partial charge in [-0.2, -0.15) is 0 Å². The summed E-state index contributed by atoms with van der Waals surface area (Å²) in [6.45, 7) is 0. The predicted molar refractivity (Wildman–Crippen MR) is 5.75 cm³/mol. The zero-order valence-corrected chi connectivity index (χ0v) is 10.8. The molecule has 0 aliphatic carbocycles. The third-order valence-electron chi connectivity index (χ3n) is 0. The number of hydrogen-bond acceptors (Lipinski definition) is 0. The van der Waals surface area contributed by atoms with Gasteiger partial charge in [-0.05, 0) is 0 Å². The molecular formula is CoCuFeSnW. The molecule has 0 fully saturated rings. The molecule has 0 aliphatic heterocycles. The summed E-state index contributed by atoms with van der Waals surface area (Å²) in [5, 5.41) is 0. The third kappa shape index (κ3) is 19.4. The van der Waals surface area contributed by atoms with Gasteiger partial charge in [0.05, 0.1) is 0 Å². The maximum Gasteiger partial charge on any atom is 0 e. The van der Waals surface area contributed by atoms with Gasteiger partial charge in [-0.3, -0.25) is 0 Å². The van der Waals surface area contributed by atoms with Gasteiger partial charge in [0.2, 0.25) is 0 Å². The Balaban J connectivity index is 0. The van der Waals surface area contributed by atoms with Gasteiger partial charge >= 0.3 is 0 Å². The number of rotatable bonds is 0. The van der Waals surface area contributed by atoms with Crippen molar-refractivity contribution >= 4 is 23.9 Å². The summed E-state index contributed by atoms with van der Waals surface area (Å²) >= 11 is 0. The van der Waals surface area contributed by atoms with Crippen LogP contribution < -0.4 is 0 Å². The molecule has 0 rings (SSSR count). The van der Waals surface area contributed by atoms with Crippen molar-refractivity contribution in [3.63, 3.8) is 0 Å². The van der Waals surface area contributed by atoms with Crippen molar-refractivity contribution in [3.05, 3.63) is 0 Å². The van der Waals surface area contributed by atoms with Crippen molar-refractivity contribution in [2.45, 2.75) is 0 Å². The first kappa shape index (κ1) is 43.2. The first-order chi connectivity index (χ1) is 0. The molecule has 0 spiro atoms. The summed E-state index contributed by atoms with van der Waals surface area (Å²) < 4.78 is 0. The van der Waals surface area contributed by atoms with Crippen molar-refractivity contribution < 1.29 is 72.0 Å². The van der Waals surface area contributed by atoms with Crippen LogP contribution in [-0.4, -0.2) is 23.9 Å². The molecule has 6 radical (unpaired) electrons. The van der Waals surface area contributed by atoms with E-state index < -0.39 is 0 Å². The second-order valence-electron chi connectivity index (χ2n) is 0. The summed E-state index contributed by atoms with van der Waals surface area (Å²) in [7, 11) is 0. The maximum atomic E-state index is 0. The van der Waals surface area contributed by atoms with E-state index in [0.717, 1.165) is 0 Å². The third-order valence-corrected chi connectivity index (χ3v) is 0. The molecule has 5 heavy (non-hydrogen) atoms. The van der Waals surface area contributed by atoms with Crippen LogP contribution in [0.5, 0.6) is 0 Å². The Hall–Kier alpha value is 3.03. The molecular weight excluding hydrogens is 481 g/mol. The fraction of sp³-hybridized carbons (Fsp3) is 0. The van der Waals surface area contributed by atoms with Gasteiger partial charge in [-0.25, -0.2) is 0 Å². The molecule has 0 heterocycles. The Morgan fingerprint density at radius 2 is 1.00 bits per heavy atom. The molecule has 0 aromatic heterocycles. The average Bonchev–Trinajstić information content (AvgIpc) is 0. The SMILES string of the molecule is [Co].[Cu].[Fe].[Sn].[W]. The Morgan fingerprint density at radius 1 is 1.00 bits per heavy atom. The number of hydrogen-bond donors (Lipinski definition) is 0. The van der Waals surface area contributed by atoms with Crippen molar-refractivity contribution in [2.24, 2.45) is 0 Å². The van der Waals surface area contributed by atoms with Gasteiger partial charge in [0.25, 0.3) is 0 Å². The van der Waals surface area contributed by atoms with Crippen molar-refractivity contribution in [2.75, 3.05) is 0 Å². The van der Waals surface area contributed by atoms with Crippen LogP contribution in [0.2, 0.25) is 0 Å². The van der Waals surface area contributed by atoms with E-state index in [-0.39, 0.29) is 95.9 Å². The van der Waals surface area contributed by atoms with E-state index >= 15 is 0 Å². The molecule has 0 bridgehead atoms. The fourth-order valence-electron chi connectivity index (χ4n) is 0. The van der Waals surface area contributed by atoms with Crippen LogP contribution in [0, 0.1) is 0 Å². The normalized spacial score (nSPS) is 0. The fourth-order valence-corrected chi connectivity index (χ4v) is 0. The zero-order valence-electron chi connectivity index (χ0n) is 1.90. The molecule has 0 saturated heterocycles. The maximum absolute atomic E-state index is 0. The van der Waals surface area contributed by atoms with Crippen LogP contribution in [-0.2, 0) is 72.0 Å². The van der Waals surface area contributed by atoms with Crippen LogP contribution in [0.25, 0.3) is 0 Å². The van der Waals surface area contributed by atoms with E-state index in [4.69, 9.17) is 0 Å². The van der Waals surface area contributed by atoms with Crippen LogP contribution in [0.4, 0.5) is 0 Å². The summed E-state index contributed by atoms with van der Waals surface area (Å²) in [6, 6.07) is 0. The van der Waals surface area contributed by atoms with E-state index in [1.807, 2.05) is 0 Å². The molecule has 38 valence electrons. The van der Waals surface area contributed by atoms with E-state index in [9.17, 15) is 0 Å². The zero-order chi connectivity index (χ0) is 0. The Bertz CT molecular complexity index is 11.6. The second-order valence-corrected chi connectivity index (χ2v) is 0. The molecule has 0 unspecified atom stereocenters. The Kier molecular flexibility index (Phi) is 240.